The molecule has 2 heterocycles. The number of aromatic hydroxyl groups is 1. The second-order valence-electron chi connectivity index (χ2n) is 8.37. The molecule has 174 valence electrons. The summed E-state index contributed by atoms with van der Waals surface area (Å²) in [5.74, 6) is -1.97. The van der Waals surface area contributed by atoms with Crippen LogP contribution in [0.1, 0.15) is 29.2 Å². The summed E-state index contributed by atoms with van der Waals surface area (Å²) in [7, 11) is 0. The van der Waals surface area contributed by atoms with E-state index in [1.54, 1.807) is 36.4 Å². The summed E-state index contributed by atoms with van der Waals surface area (Å²) < 4.78 is 5.38. The topological polar surface area (TPSA) is 90.3 Å². The molecule has 0 aliphatic carbocycles. The lowest BCUT2D eigenvalue weighted by atomic mass is 9.94. The van der Waals surface area contributed by atoms with Gasteiger partial charge in [-0.15, -0.1) is 0 Å². The van der Waals surface area contributed by atoms with Crippen molar-refractivity contribution in [2.24, 2.45) is 0 Å². The number of carbonyl (C=O) groups is 2. The van der Waals surface area contributed by atoms with Crippen LogP contribution in [0.4, 0.5) is 0 Å². The molecule has 0 saturated carbocycles. The Bertz CT molecular complexity index is 1080. The number of likely N-dealkylation sites (tertiary alicyclic amines) is 1. The number of rotatable bonds is 6. The molecule has 2 aliphatic rings. The number of carbonyl (C=O) groups excluding carboxylic acids is 2. The molecular weight excluding hydrogens is 444 g/mol. The monoisotopic (exact) mass is 470 g/mol. The first-order valence-electron chi connectivity index (χ1n) is 11.0. The SMILES string of the molecule is Cc1ccc(O)c(C(O)=C2C(=O)C(=O)N(CCCN3CCOCC3)[C@H]2c2ccc(Cl)cc2)c1. The van der Waals surface area contributed by atoms with Crippen LogP contribution in [0.2, 0.25) is 5.02 Å². The number of benzene rings is 2. The summed E-state index contributed by atoms with van der Waals surface area (Å²) in [6.07, 6.45) is 0.673. The van der Waals surface area contributed by atoms with Crippen molar-refractivity contribution in [1.29, 1.82) is 0 Å². The van der Waals surface area contributed by atoms with Crippen LogP contribution in [-0.2, 0) is 14.3 Å². The molecule has 2 aromatic carbocycles. The third-order valence-corrected chi connectivity index (χ3v) is 6.36. The van der Waals surface area contributed by atoms with Crippen molar-refractivity contribution < 1.29 is 24.5 Å². The van der Waals surface area contributed by atoms with Crippen molar-refractivity contribution >= 4 is 29.1 Å². The van der Waals surface area contributed by atoms with Gasteiger partial charge in [0.05, 0.1) is 30.4 Å². The van der Waals surface area contributed by atoms with E-state index in [1.807, 2.05) is 6.92 Å². The first kappa shape index (κ1) is 23.3. The Balaban J connectivity index is 1.70. The standard InChI is InChI=1S/C25H27ClN2O5/c1-16-3-8-20(29)19(15-16)23(30)21-22(17-4-6-18(26)7-5-17)28(25(32)24(21)31)10-2-9-27-11-13-33-14-12-27/h3-8,15,22,29-30H,2,9-14H2,1H3/t22-/m0/s1. The molecule has 1 amide bonds. The number of nitrogens with zero attached hydrogens (tertiary/aromatic N) is 2. The predicted octanol–water partition coefficient (Wildman–Crippen LogP) is 3.50. The summed E-state index contributed by atoms with van der Waals surface area (Å²) >= 11 is 6.06. The number of aryl methyl sites for hydroxylation is 1. The van der Waals surface area contributed by atoms with Crippen LogP contribution >= 0.6 is 11.6 Å². The number of hydrogen-bond acceptors (Lipinski definition) is 6. The zero-order valence-corrected chi connectivity index (χ0v) is 19.2. The van der Waals surface area contributed by atoms with Gasteiger partial charge in [0.25, 0.3) is 11.7 Å². The van der Waals surface area contributed by atoms with Crippen LogP contribution in [0.15, 0.2) is 48.0 Å². The van der Waals surface area contributed by atoms with Gasteiger partial charge in [-0.25, -0.2) is 0 Å². The highest BCUT2D eigenvalue weighted by Gasteiger charge is 2.46. The second-order valence-corrected chi connectivity index (χ2v) is 8.81. The number of ketones is 1. The van der Waals surface area contributed by atoms with Crippen molar-refractivity contribution in [3.8, 4) is 5.75 Å². The quantitative estimate of drug-likeness (QED) is 0.381. The maximum atomic E-state index is 13.1. The lowest BCUT2D eigenvalue weighted by Crippen LogP contribution is -2.38. The number of phenols is 1. The molecule has 2 saturated heterocycles. The first-order valence-corrected chi connectivity index (χ1v) is 11.4. The molecule has 8 heteroatoms. The minimum absolute atomic E-state index is 0.0328. The number of ether oxygens (including phenoxy) is 1. The van der Waals surface area contributed by atoms with E-state index in [-0.39, 0.29) is 22.6 Å². The molecule has 2 aromatic rings. The Kier molecular flexibility index (Phi) is 7.02. The third-order valence-electron chi connectivity index (χ3n) is 6.11. The van der Waals surface area contributed by atoms with Crippen LogP contribution in [0.3, 0.4) is 0 Å². The molecule has 0 radical (unpaired) electrons. The Morgan fingerprint density at radius 2 is 1.79 bits per heavy atom. The zero-order chi connectivity index (χ0) is 23.5. The van der Waals surface area contributed by atoms with Gasteiger partial charge in [0.15, 0.2) is 0 Å². The minimum Gasteiger partial charge on any atom is -0.507 e. The largest absolute Gasteiger partial charge is 0.507 e. The maximum Gasteiger partial charge on any atom is 0.295 e. The molecule has 2 aliphatic heterocycles. The van der Waals surface area contributed by atoms with E-state index >= 15 is 0 Å². The van der Waals surface area contributed by atoms with Crippen molar-refractivity contribution in [3.63, 3.8) is 0 Å². The van der Waals surface area contributed by atoms with E-state index in [0.717, 1.165) is 25.2 Å². The lowest BCUT2D eigenvalue weighted by Gasteiger charge is -2.29. The van der Waals surface area contributed by atoms with Gasteiger partial charge in [0, 0.05) is 31.2 Å². The smallest absolute Gasteiger partial charge is 0.295 e. The van der Waals surface area contributed by atoms with Gasteiger partial charge in [-0.05, 0) is 43.2 Å². The van der Waals surface area contributed by atoms with Crippen LogP contribution in [-0.4, -0.2) is 71.1 Å². The molecule has 33 heavy (non-hydrogen) atoms. The third kappa shape index (κ3) is 4.90. The van der Waals surface area contributed by atoms with E-state index in [4.69, 9.17) is 16.3 Å². The van der Waals surface area contributed by atoms with E-state index < -0.39 is 17.7 Å². The van der Waals surface area contributed by atoms with Crippen molar-refractivity contribution in [3.05, 3.63) is 69.8 Å². The van der Waals surface area contributed by atoms with E-state index in [1.165, 1.54) is 11.0 Å². The summed E-state index contributed by atoms with van der Waals surface area (Å²) in [6, 6.07) is 10.9. The number of Topliss-reactive ketones (excluding diaryl/α,β-unsaturated/α-hetero) is 1. The molecule has 4 rings (SSSR count). The Morgan fingerprint density at radius 3 is 2.48 bits per heavy atom. The number of aliphatic hydroxyl groups is 1. The molecule has 0 unspecified atom stereocenters. The first-order chi connectivity index (χ1) is 15.9. The number of hydrogen-bond donors (Lipinski definition) is 2. The number of phenolic OH excluding ortho intramolecular Hbond substituents is 1. The number of aliphatic hydroxyl groups excluding tert-OH is 1. The fourth-order valence-corrected chi connectivity index (χ4v) is 4.50. The molecule has 2 fully saturated rings. The van der Waals surface area contributed by atoms with Crippen LogP contribution in [0, 0.1) is 6.92 Å². The number of amides is 1. The zero-order valence-electron chi connectivity index (χ0n) is 18.5. The highest BCUT2D eigenvalue weighted by atomic mass is 35.5. The summed E-state index contributed by atoms with van der Waals surface area (Å²) in [5.41, 5.74) is 1.56. The van der Waals surface area contributed by atoms with Gasteiger partial charge in [-0.1, -0.05) is 35.4 Å². The highest BCUT2D eigenvalue weighted by molar-refractivity contribution is 6.46. The molecule has 1 atom stereocenters. The minimum atomic E-state index is -0.771. The average molecular weight is 471 g/mol. The fourth-order valence-electron chi connectivity index (χ4n) is 4.38. The Labute approximate surface area is 197 Å². The number of halogens is 1. The molecule has 2 N–H and O–H groups in total. The molecule has 7 nitrogen and oxygen atoms in total. The average Bonchev–Trinajstić information content (AvgIpc) is 3.06. The summed E-state index contributed by atoms with van der Waals surface area (Å²) in [5, 5.41) is 22.0. The van der Waals surface area contributed by atoms with Crippen molar-refractivity contribution in [2.75, 3.05) is 39.4 Å². The summed E-state index contributed by atoms with van der Waals surface area (Å²) in [4.78, 5) is 29.9. The van der Waals surface area contributed by atoms with Gasteiger partial charge in [0.1, 0.15) is 11.5 Å². The predicted molar refractivity (Wildman–Crippen MR) is 125 cm³/mol. The van der Waals surface area contributed by atoms with Gasteiger partial charge < -0.3 is 19.8 Å². The Hall–Kier alpha value is -2.87. The Morgan fingerprint density at radius 1 is 1.09 bits per heavy atom. The van der Waals surface area contributed by atoms with E-state index in [0.29, 0.717) is 36.8 Å². The van der Waals surface area contributed by atoms with Gasteiger partial charge >= 0.3 is 0 Å². The molecule has 0 bridgehead atoms. The van der Waals surface area contributed by atoms with Crippen LogP contribution < -0.4 is 0 Å². The number of morpholine rings is 1. The summed E-state index contributed by atoms with van der Waals surface area (Å²) in [6.45, 7) is 6.00. The van der Waals surface area contributed by atoms with E-state index in [9.17, 15) is 19.8 Å². The second kappa shape index (κ2) is 9.95. The van der Waals surface area contributed by atoms with Crippen LogP contribution in [0.25, 0.3) is 5.76 Å². The van der Waals surface area contributed by atoms with Crippen molar-refractivity contribution in [1.82, 2.24) is 9.80 Å². The normalized spacial score (nSPS) is 21.0. The fraction of sp³-hybridized carbons (Fsp3) is 0.360. The van der Waals surface area contributed by atoms with Gasteiger partial charge in [-0.3, -0.25) is 14.5 Å². The molecule has 0 spiro atoms. The highest BCUT2D eigenvalue weighted by Crippen LogP contribution is 2.41. The van der Waals surface area contributed by atoms with Crippen molar-refractivity contribution in [2.45, 2.75) is 19.4 Å². The molecular formula is C25H27ClN2O5. The van der Waals surface area contributed by atoms with Gasteiger partial charge in [0.2, 0.25) is 0 Å². The van der Waals surface area contributed by atoms with E-state index in [2.05, 4.69) is 4.90 Å². The van der Waals surface area contributed by atoms with Gasteiger partial charge in [-0.2, -0.15) is 0 Å². The maximum absolute atomic E-state index is 13.1. The molecule has 0 aromatic heterocycles. The lowest BCUT2D eigenvalue weighted by molar-refractivity contribution is -0.140. The van der Waals surface area contributed by atoms with Crippen LogP contribution in [0.5, 0.6) is 5.75 Å².